The molecule has 1 aliphatic carbocycles. The van der Waals surface area contributed by atoms with Gasteiger partial charge >= 0.3 is 5.97 Å². The van der Waals surface area contributed by atoms with Gasteiger partial charge in [0.1, 0.15) is 0 Å². The SMILES string of the molecule is C=CC(=O)O.CC1CC(O)CC(C)(C)C1. The largest absolute Gasteiger partial charge is 0.478 e. The molecule has 1 rings (SSSR count). The smallest absolute Gasteiger partial charge is 0.327 e. The number of aliphatic hydroxyl groups is 1. The number of hydrogen-bond donors (Lipinski definition) is 2. The van der Waals surface area contributed by atoms with Crippen molar-refractivity contribution in [2.24, 2.45) is 11.3 Å². The first-order valence-electron chi connectivity index (χ1n) is 5.30. The van der Waals surface area contributed by atoms with Crippen LogP contribution in [0.1, 0.15) is 40.0 Å². The van der Waals surface area contributed by atoms with Crippen LogP contribution in [0.25, 0.3) is 0 Å². The van der Waals surface area contributed by atoms with Crippen molar-refractivity contribution < 1.29 is 15.0 Å². The topological polar surface area (TPSA) is 57.5 Å². The summed E-state index contributed by atoms with van der Waals surface area (Å²) >= 11 is 0. The maximum atomic E-state index is 9.42. The molecule has 3 heteroatoms. The highest BCUT2D eigenvalue weighted by molar-refractivity contribution is 5.78. The molecule has 2 atom stereocenters. The Bertz CT molecular complexity index is 209. The summed E-state index contributed by atoms with van der Waals surface area (Å²) in [4.78, 5) is 9.25. The van der Waals surface area contributed by atoms with Crippen LogP contribution in [0, 0.1) is 11.3 Å². The van der Waals surface area contributed by atoms with Gasteiger partial charge in [-0.2, -0.15) is 0 Å². The van der Waals surface area contributed by atoms with E-state index in [9.17, 15) is 9.90 Å². The Kier molecular flexibility index (Phi) is 5.58. The molecule has 0 aromatic carbocycles. The summed E-state index contributed by atoms with van der Waals surface area (Å²) in [5, 5.41) is 17.0. The van der Waals surface area contributed by atoms with Gasteiger partial charge in [0, 0.05) is 6.08 Å². The maximum absolute atomic E-state index is 9.42. The molecular formula is C12H22O3. The molecule has 1 saturated carbocycles. The summed E-state index contributed by atoms with van der Waals surface area (Å²) in [6.45, 7) is 9.67. The van der Waals surface area contributed by atoms with E-state index < -0.39 is 5.97 Å². The van der Waals surface area contributed by atoms with Crippen molar-refractivity contribution >= 4 is 5.97 Å². The van der Waals surface area contributed by atoms with Gasteiger partial charge in [0.2, 0.25) is 0 Å². The van der Waals surface area contributed by atoms with E-state index in [1.807, 2.05) is 0 Å². The van der Waals surface area contributed by atoms with Crippen LogP contribution in [0.2, 0.25) is 0 Å². The highest BCUT2D eigenvalue weighted by atomic mass is 16.4. The Morgan fingerprint density at radius 1 is 1.47 bits per heavy atom. The van der Waals surface area contributed by atoms with Crippen molar-refractivity contribution in [1.29, 1.82) is 0 Å². The predicted octanol–water partition coefficient (Wildman–Crippen LogP) is 2.45. The van der Waals surface area contributed by atoms with Crippen molar-refractivity contribution in [2.75, 3.05) is 0 Å². The molecule has 0 aromatic heterocycles. The quantitative estimate of drug-likeness (QED) is 0.659. The van der Waals surface area contributed by atoms with E-state index in [1.165, 1.54) is 6.42 Å². The van der Waals surface area contributed by atoms with Gasteiger partial charge in [-0.1, -0.05) is 27.4 Å². The summed E-state index contributed by atoms with van der Waals surface area (Å²) in [6, 6.07) is 0. The molecule has 88 valence electrons. The second kappa shape index (κ2) is 5.91. The third-order valence-electron chi connectivity index (χ3n) is 2.54. The number of aliphatic hydroxyl groups excluding tert-OH is 1. The molecule has 15 heavy (non-hydrogen) atoms. The van der Waals surface area contributed by atoms with E-state index in [1.54, 1.807) is 0 Å². The molecule has 0 spiro atoms. The molecule has 0 radical (unpaired) electrons. The lowest BCUT2D eigenvalue weighted by Crippen LogP contribution is -2.30. The van der Waals surface area contributed by atoms with Crippen molar-refractivity contribution in [3.05, 3.63) is 12.7 Å². The lowest BCUT2D eigenvalue weighted by Gasteiger charge is -2.36. The maximum Gasteiger partial charge on any atom is 0.327 e. The van der Waals surface area contributed by atoms with Gasteiger partial charge < -0.3 is 10.2 Å². The molecule has 2 N–H and O–H groups in total. The minimum Gasteiger partial charge on any atom is -0.478 e. The zero-order valence-electron chi connectivity index (χ0n) is 9.86. The minimum atomic E-state index is -0.981. The van der Waals surface area contributed by atoms with E-state index in [0.29, 0.717) is 11.3 Å². The third-order valence-corrected chi connectivity index (χ3v) is 2.54. The molecule has 2 unspecified atom stereocenters. The minimum absolute atomic E-state index is 0.0428. The fourth-order valence-electron chi connectivity index (χ4n) is 2.30. The Balaban J connectivity index is 0.000000336. The Morgan fingerprint density at radius 3 is 2.20 bits per heavy atom. The molecule has 1 aliphatic rings. The third kappa shape index (κ3) is 7.14. The van der Waals surface area contributed by atoms with Gasteiger partial charge in [-0.25, -0.2) is 4.79 Å². The average molecular weight is 214 g/mol. The number of rotatable bonds is 1. The Hall–Kier alpha value is -0.830. The number of carboxylic acid groups (broad SMARTS) is 1. The molecule has 0 aromatic rings. The number of aliphatic carboxylic acids is 1. The zero-order chi connectivity index (χ0) is 12.1. The number of hydrogen-bond acceptors (Lipinski definition) is 2. The van der Waals surface area contributed by atoms with Gasteiger partial charge in [0.15, 0.2) is 0 Å². The Morgan fingerprint density at radius 2 is 1.93 bits per heavy atom. The van der Waals surface area contributed by atoms with Gasteiger partial charge in [-0.15, -0.1) is 0 Å². The van der Waals surface area contributed by atoms with Gasteiger partial charge in [0.05, 0.1) is 6.10 Å². The van der Waals surface area contributed by atoms with E-state index in [4.69, 9.17) is 5.11 Å². The van der Waals surface area contributed by atoms with Gasteiger partial charge in [-0.3, -0.25) is 0 Å². The highest BCUT2D eigenvalue weighted by Crippen LogP contribution is 2.38. The van der Waals surface area contributed by atoms with Crippen LogP contribution in [0.15, 0.2) is 12.7 Å². The first-order valence-corrected chi connectivity index (χ1v) is 5.30. The van der Waals surface area contributed by atoms with E-state index >= 15 is 0 Å². The second-order valence-corrected chi connectivity index (χ2v) is 5.11. The van der Waals surface area contributed by atoms with Crippen molar-refractivity contribution in [3.8, 4) is 0 Å². The molecule has 0 heterocycles. The second-order valence-electron chi connectivity index (χ2n) is 5.11. The number of carbonyl (C=O) groups is 1. The zero-order valence-corrected chi connectivity index (χ0v) is 9.86. The van der Waals surface area contributed by atoms with Gasteiger partial charge in [0.25, 0.3) is 0 Å². The van der Waals surface area contributed by atoms with Crippen molar-refractivity contribution in [1.82, 2.24) is 0 Å². The highest BCUT2D eigenvalue weighted by Gasteiger charge is 2.30. The first-order chi connectivity index (χ1) is 6.76. The fraction of sp³-hybridized carbons (Fsp3) is 0.750. The normalized spacial score (nSPS) is 28.5. The summed E-state index contributed by atoms with van der Waals surface area (Å²) in [7, 11) is 0. The Labute approximate surface area is 91.8 Å². The summed E-state index contributed by atoms with van der Waals surface area (Å²) < 4.78 is 0. The fourth-order valence-corrected chi connectivity index (χ4v) is 2.30. The van der Waals surface area contributed by atoms with Crippen molar-refractivity contribution in [2.45, 2.75) is 46.1 Å². The molecular weight excluding hydrogens is 192 g/mol. The van der Waals surface area contributed by atoms with Crippen LogP contribution < -0.4 is 0 Å². The van der Waals surface area contributed by atoms with E-state index in [2.05, 4.69) is 27.4 Å². The molecule has 0 bridgehead atoms. The summed E-state index contributed by atoms with van der Waals surface area (Å²) in [5.41, 5.74) is 0.372. The lowest BCUT2D eigenvalue weighted by atomic mass is 9.72. The molecule has 0 aliphatic heterocycles. The summed E-state index contributed by atoms with van der Waals surface area (Å²) in [6.07, 6.45) is 4.05. The van der Waals surface area contributed by atoms with Crippen LogP contribution in [-0.4, -0.2) is 22.3 Å². The van der Waals surface area contributed by atoms with Gasteiger partial charge in [-0.05, 0) is 30.6 Å². The van der Waals surface area contributed by atoms with Crippen molar-refractivity contribution in [3.63, 3.8) is 0 Å². The van der Waals surface area contributed by atoms with Crippen LogP contribution in [0.3, 0.4) is 0 Å². The van der Waals surface area contributed by atoms with Crippen LogP contribution in [-0.2, 0) is 4.79 Å². The van der Waals surface area contributed by atoms with Crippen LogP contribution >= 0.6 is 0 Å². The average Bonchev–Trinajstić information content (AvgIpc) is 2.00. The summed E-state index contributed by atoms with van der Waals surface area (Å²) in [5.74, 6) is -0.274. The standard InChI is InChI=1S/C9H18O.C3H4O2/c1-7-4-8(10)6-9(2,3)5-7;1-2-3(4)5/h7-8,10H,4-6H2,1-3H3;2H,1H2,(H,4,5). The van der Waals surface area contributed by atoms with E-state index in [-0.39, 0.29) is 6.10 Å². The van der Waals surface area contributed by atoms with E-state index in [0.717, 1.165) is 18.9 Å². The van der Waals surface area contributed by atoms with Crippen LogP contribution in [0.4, 0.5) is 0 Å². The molecule has 1 fully saturated rings. The predicted molar refractivity (Wildman–Crippen MR) is 60.6 cm³/mol. The molecule has 0 amide bonds. The van der Waals surface area contributed by atoms with Crippen LogP contribution in [0.5, 0.6) is 0 Å². The first kappa shape index (κ1) is 14.2. The molecule has 3 nitrogen and oxygen atoms in total. The lowest BCUT2D eigenvalue weighted by molar-refractivity contribution is -0.131. The monoisotopic (exact) mass is 214 g/mol. The number of carboxylic acids is 1. The molecule has 0 saturated heterocycles.